The van der Waals surface area contributed by atoms with Crippen molar-refractivity contribution in [3.8, 4) is 5.75 Å². The van der Waals surface area contributed by atoms with Crippen molar-refractivity contribution in [3.05, 3.63) is 29.3 Å². The number of benzene rings is 1. The van der Waals surface area contributed by atoms with Gasteiger partial charge in [0.1, 0.15) is 5.75 Å². The molecule has 0 saturated carbocycles. The van der Waals surface area contributed by atoms with Gasteiger partial charge in [-0.15, -0.1) is 0 Å². The molecule has 0 saturated heterocycles. The molecule has 0 aliphatic rings. The second-order valence-corrected chi connectivity index (χ2v) is 3.05. The van der Waals surface area contributed by atoms with Crippen LogP contribution in [0.3, 0.4) is 0 Å². The van der Waals surface area contributed by atoms with Gasteiger partial charge >= 0.3 is 12.6 Å². The number of hydrogen-bond donors (Lipinski definition) is 1. The van der Waals surface area contributed by atoms with Crippen molar-refractivity contribution in [2.75, 3.05) is 0 Å². The first-order valence-corrected chi connectivity index (χ1v) is 4.25. The van der Waals surface area contributed by atoms with Gasteiger partial charge in [0.05, 0.1) is 6.42 Å². The van der Waals surface area contributed by atoms with Crippen molar-refractivity contribution in [1.29, 1.82) is 0 Å². The van der Waals surface area contributed by atoms with E-state index >= 15 is 0 Å². The Balaban J connectivity index is 2.89. The summed E-state index contributed by atoms with van der Waals surface area (Å²) < 4.78 is 28.2. The third-order valence-corrected chi connectivity index (χ3v) is 1.82. The van der Waals surface area contributed by atoms with E-state index in [1.807, 2.05) is 0 Å². The maximum absolute atomic E-state index is 12.0. The first-order chi connectivity index (χ1) is 6.99. The van der Waals surface area contributed by atoms with Crippen LogP contribution in [-0.2, 0) is 11.2 Å². The number of ether oxygens (including phenoxy) is 1. The highest BCUT2D eigenvalue weighted by Crippen LogP contribution is 2.21. The molecule has 5 heteroatoms. The molecule has 0 aliphatic heterocycles. The van der Waals surface area contributed by atoms with Crippen LogP contribution >= 0.6 is 0 Å². The minimum absolute atomic E-state index is 0.0174. The van der Waals surface area contributed by atoms with Crippen LogP contribution in [-0.4, -0.2) is 17.7 Å². The maximum Gasteiger partial charge on any atom is 0.387 e. The van der Waals surface area contributed by atoms with Gasteiger partial charge in [0.15, 0.2) is 0 Å². The van der Waals surface area contributed by atoms with Gasteiger partial charge in [-0.3, -0.25) is 4.79 Å². The Hall–Kier alpha value is -1.65. The summed E-state index contributed by atoms with van der Waals surface area (Å²) in [6, 6.07) is 4.44. The van der Waals surface area contributed by atoms with Gasteiger partial charge in [-0.05, 0) is 24.1 Å². The first-order valence-electron chi connectivity index (χ1n) is 4.25. The fourth-order valence-corrected chi connectivity index (χ4v) is 1.15. The minimum atomic E-state index is -2.90. The summed E-state index contributed by atoms with van der Waals surface area (Å²) in [5.74, 6) is -0.995. The van der Waals surface area contributed by atoms with E-state index < -0.39 is 12.6 Å². The molecular weight excluding hydrogens is 206 g/mol. The van der Waals surface area contributed by atoms with Crippen LogP contribution in [0.4, 0.5) is 8.78 Å². The van der Waals surface area contributed by atoms with Gasteiger partial charge in [0.2, 0.25) is 0 Å². The summed E-state index contributed by atoms with van der Waals surface area (Å²) in [4.78, 5) is 10.4. The lowest BCUT2D eigenvalue weighted by molar-refractivity contribution is -0.136. The number of carboxylic acids is 1. The van der Waals surface area contributed by atoms with Gasteiger partial charge < -0.3 is 9.84 Å². The van der Waals surface area contributed by atoms with E-state index in [4.69, 9.17) is 5.11 Å². The van der Waals surface area contributed by atoms with Crippen LogP contribution in [0.2, 0.25) is 0 Å². The molecule has 1 rings (SSSR count). The number of halogens is 2. The number of aliphatic carboxylic acids is 1. The highest BCUT2D eigenvalue weighted by Gasteiger charge is 2.09. The van der Waals surface area contributed by atoms with Gasteiger partial charge in [0.25, 0.3) is 0 Å². The highest BCUT2D eigenvalue weighted by molar-refractivity contribution is 5.70. The highest BCUT2D eigenvalue weighted by atomic mass is 19.3. The molecule has 0 spiro atoms. The van der Waals surface area contributed by atoms with Crippen molar-refractivity contribution in [2.24, 2.45) is 0 Å². The molecule has 0 radical (unpaired) electrons. The largest absolute Gasteiger partial charge is 0.481 e. The van der Waals surface area contributed by atoms with E-state index in [9.17, 15) is 13.6 Å². The van der Waals surface area contributed by atoms with E-state index in [0.717, 1.165) is 0 Å². The number of rotatable bonds is 4. The molecule has 1 N–H and O–H groups in total. The molecule has 15 heavy (non-hydrogen) atoms. The fraction of sp³-hybridized carbons (Fsp3) is 0.300. The molecule has 3 nitrogen and oxygen atoms in total. The average molecular weight is 216 g/mol. The first kappa shape index (κ1) is 11.4. The molecule has 82 valence electrons. The lowest BCUT2D eigenvalue weighted by atomic mass is 10.1. The van der Waals surface area contributed by atoms with Gasteiger partial charge in [0, 0.05) is 0 Å². The van der Waals surface area contributed by atoms with E-state index in [0.29, 0.717) is 11.1 Å². The maximum atomic E-state index is 12.0. The Morgan fingerprint density at radius 1 is 1.53 bits per heavy atom. The zero-order valence-electron chi connectivity index (χ0n) is 8.04. The third kappa shape index (κ3) is 3.53. The van der Waals surface area contributed by atoms with Crippen molar-refractivity contribution in [3.63, 3.8) is 0 Å². The molecule has 1 aromatic carbocycles. The van der Waals surface area contributed by atoms with E-state index in [1.54, 1.807) is 19.1 Å². The zero-order valence-corrected chi connectivity index (χ0v) is 8.04. The number of carbonyl (C=O) groups is 1. The topological polar surface area (TPSA) is 46.5 Å². The van der Waals surface area contributed by atoms with Gasteiger partial charge in [-0.2, -0.15) is 8.78 Å². The second kappa shape index (κ2) is 4.72. The van der Waals surface area contributed by atoms with Crippen molar-refractivity contribution in [2.45, 2.75) is 20.0 Å². The summed E-state index contributed by atoms with van der Waals surface area (Å²) in [7, 11) is 0. The van der Waals surface area contributed by atoms with Crippen molar-refractivity contribution < 1.29 is 23.4 Å². The van der Waals surface area contributed by atoms with Crippen molar-refractivity contribution >= 4 is 5.97 Å². The average Bonchev–Trinajstić information content (AvgIpc) is 2.09. The molecule has 0 unspecified atom stereocenters. The summed E-state index contributed by atoms with van der Waals surface area (Å²) in [5, 5.41) is 8.52. The number of carboxylic acid groups (broad SMARTS) is 1. The lowest BCUT2D eigenvalue weighted by Crippen LogP contribution is -2.05. The monoisotopic (exact) mass is 216 g/mol. The predicted octanol–water partition coefficient (Wildman–Crippen LogP) is 2.22. The summed E-state index contributed by atoms with van der Waals surface area (Å²) in [5.41, 5.74) is 0.980. The molecular formula is C10H10F2O3. The van der Waals surface area contributed by atoms with Crippen LogP contribution in [0.15, 0.2) is 18.2 Å². The van der Waals surface area contributed by atoms with E-state index in [-0.39, 0.29) is 12.2 Å². The number of aryl methyl sites for hydroxylation is 1. The van der Waals surface area contributed by atoms with Crippen LogP contribution in [0.25, 0.3) is 0 Å². The van der Waals surface area contributed by atoms with Crippen LogP contribution in [0.1, 0.15) is 11.1 Å². The predicted molar refractivity (Wildman–Crippen MR) is 49.2 cm³/mol. The number of alkyl halides is 2. The summed E-state index contributed by atoms with van der Waals surface area (Å²) >= 11 is 0. The Bertz CT molecular complexity index is 364. The van der Waals surface area contributed by atoms with Crippen LogP contribution in [0, 0.1) is 6.92 Å². The lowest BCUT2D eigenvalue weighted by Gasteiger charge is -2.08. The molecule has 1 aromatic rings. The van der Waals surface area contributed by atoms with Crippen molar-refractivity contribution in [1.82, 2.24) is 0 Å². The molecule has 0 heterocycles. The third-order valence-electron chi connectivity index (χ3n) is 1.82. The van der Waals surface area contributed by atoms with Crippen LogP contribution < -0.4 is 4.74 Å². The molecule has 0 atom stereocenters. The van der Waals surface area contributed by atoms with Gasteiger partial charge in [-0.1, -0.05) is 12.1 Å². The standard InChI is InChI=1S/C10H10F2O3/c1-6-2-3-7(5-9(13)14)4-8(6)15-10(11)12/h2-4,10H,5H2,1H3,(H,13,14). The fourth-order valence-electron chi connectivity index (χ4n) is 1.15. The smallest absolute Gasteiger partial charge is 0.387 e. The number of hydrogen-bond acceptors (Lipinski definition) is 2. The Morgan fingerprint density at radius 2 is 2.20 bits per heavy atom. The molecule has 0 aromatic heterocycles. The molecule has 0 aliphatic carbocycles. The van der Waals surface area contributed by atoms with E-state index in [2.05, 4.69) is 4.74 Å². The zero-order chi connectivity index (χ0) is 11.4. The normalized spacial score (nSPS) is 10.4. The second-order valence-electron chi connectivity index (χ2n) is 3.05. The Kier molecular flexibility index (Phi) is 3.60. The Morgan fingerprint density at radius 3 is 2.73 bits per heavy atom. The molecule has 0 bridgehead atoms. The van der Waals surface area contributed by atoms with E-state index in [1.165, 1.54) is 6.07 Å². The van der Waals surface area contributed by atoms with Gasteiger partial charge in [-0.25, -0.2) is 0 Å². The quantitative estimate of drug-likeness (QED) is 0.839. The summed E-state index contributed by atoms with van der Waals surface area (Å²) in [6.45, 7) is -1.29. The molecule has 0 amide bonds. The summed E-state index contributed by atoms with van der Waals surface area (Å²) in [6.07, 6.45) is -0.208. The molecule has 0 fully saturated rings. The minimum Gasteiger partial charge on any atom is -0.481 e. The van der Waals surface area contributed by atoms with Crippen LogP contribution in [0.5, 0.6) is 5.75 Å². The SMILES string of the molecule is Cc1ccc(CC(=O)O)cc1OC(F)F. The Labute approximate surface area is 85.3 Å².